The average Bonchev–Trinajstić information content (AvgIpc) is 3.29. The molecule has 0 bridgehead atoms. The molecule has 0 spiro atoms. The molecule has 2 aromatic carbocycles. The molecule has 5 rings (SSSR count). The molecule has 31 heavy (non-hydrogen) atoms. The predicted molar refractivity (Wildman–Crippen MR) is 121 cm³/mol. The van der Waals surface area contributed by atoms with Crippen LogP contribution in [0.3, 0.4) is 0 Å². The van der Waals surface area contributed by atoms with Gasteiger partial charge in [0.1, 0.15) is 0 Å². The maximum Gasteiger partial charge on any atom is 0.241 e. The third kappa shape index (κ3) is 4.15. The molecule has 1 aliphatic heterocycles. The van der Waals surface area contributed by atoms with E-state index >= 15 is 0 Å². The van der Waals surface area contributed by atoms with Crippen LogP contribution in [-0.2, 0) is 11.3 Å². The highest BCUT2D eigenvalue weighted by Crippen LogP contribution is 2.25. The molecular weight excluding hydrogens is 386 g/mol. The van der Waals surface area contributed by atoms with E-state index in [9.17, 15) is 4.79 Å². The van der Waals surface area contributed by atoms with Crippen LogP contribution in [0, 0.1) is 0 Å². The summed E-state index contributed by atoms with van der Waals surface area (Å²) < 4.78 is 0. The van der Waals surface area contributed by atoms with Crippen LogP contribution < -0.4 is 5.32 Å². The molecule has 4 aromatic rings. The number of anilines is 1. The minimum Gasteiger partial charge on any atom is -0.325 e. The van der Waals surface area contributed by atoms with E-state index in [0.717, 1.165) is 52.8 Å². The molecular formula is C25H23N5O. The lowest BCUT2D eigenvalue weighted by atomic mass is 10.1. The lowest BCUT2D eigenvalue weighted by molar-refractivity contribution is -0.120. The van der Waals surface area contributed by atoms with Gasteiger partial charge in [0, 0.05) is 37.0 Å². The standard InChI is InChI=1S/C25H23N5O/c31-25(29-21-10-8-18(9-11-21)19-5-2-12-26-16-19)23-7-3-15-30(23)17-20-4-1-6-22-24(20)28-14-13-27-22/h1-2,4-6,8-14,16,23H,3,7,15,17H2,(H,29,31)/t23-/m1/s1. The first kappa shape index (κ1) is 19.3. The number of fused-ring (bicyclic) bond motifs is 1. The highest BCUT2D eigenvalue weighted by atomic mass is 16.2. The van der Waals surface area contributed by atoms with Gasteiger partial charge < -0.3 is 5.32 Å². The van der Waals surface area contributed by atoms with Crippen molar-refractivity contribution in [2.45, 2.75) is 25.4 Å². The molecule has 1 atom stereocenters. The number of rotatable bonds is 5. The Bertz CT molecular complexity index is 1190. The molecule has 0 aliphatic carbocycles. The molecule has 1 fully saturated rings. The van der Waals surface area contributed by atoms with Crippen molar-refractivity contribution < 1.29 is 4.79 Å². The number of hydrogen-bond acceptors (Lipinski definition) is 5. The summed E-state index contributed by atoms with van der Waals surface area (Å²) in [5, 5.41) is 3.09. The van der Waals surface area contributed by atoms with Crippen molar-refractivity contribution in [1.82, 2.24) is 19.9 Å². The number of hydrogen-bond donors (Lipinski definition) is 1. The Balaban J connectivity index is 1.29. The molecule has 0 saturated carbocycles. The number of likely N-dealkylation sites (tertiary alicyclic amines) is 1. The zero-order valence-corrected chi connectivity index (χ0v) is 17.1. The fourth-order valence-corrected chi connectivity index (χ4v) is 4.22. The SMILES string of the molecule is O=C(Nc1ccc(-c2cccnc2)cc1)[C@H]1CCCN1Cc1cccc2nccnc12. The van der Waals surface area contributed by atoms with Crippen molar-refractivity contribution in [2.75, 3.05) is 11.9 Å². The fourth-order valence-electron chi connectivity index (χ4n) is 4.22. The second kappa shape index (κ2) is 8.62. The Kier molecular flexibility index (Phi) is 5.37. The van der Waals surface area contributed by atoms with Crippen molar-refractivity contribution in [1.29, 1.82) is 0 Å². The van der Waals surface area contributed by atoms with Gasteiger partial charge in [-0.2, -0.15) is 0 Å². The second-order valence-corrected chi connectivity index (χ2v) is 7.78. The number of benzene rings is 2. The van der Waals surface area contributed by atoms with E-state index in [0.29, 0.717) is 6.54 Å². The summed E-state index contributed by atoms with van der Waals surface area (Å²) in [7, 11) is 0. The van der Waals surface area contributed by atoms with Gasteiger partial charge in [0.2, 0.25) is 5.91 Å². The number of carbonyl (C=O) groups is 1. The molecule has 1 saturated heterocycles. The summed E-state index contributed by atoms with van der Waals surface area (Å²) in [6.07, 6.45) is 8.88. The summed E-state index contributed by atoms with van der Waals surface area (Å²) >= 11 is 0. The zero-order valence-electron chi connectivity index (χ0n) is 17.1. The number of pyridine rings is 1. The van der Waals surface area contributed by atoms with Crippen molar-refractivity contribution in [3.8, 4) is 11.1 Å². The van der Waals surface area contributed by atoms with E-state index in [1.165, 1.54) is 0 Å². The Hall–Kier alpha value is -3.64. The summed E-state index contributed by atoms with van der Waals surface area (Å²) in [5.41, 5.74) is 5.83. The van der Waals surface area contributed by atoms with Crippen LogP contribution in [0.25, 0.3) is 22.2 Å². The van der Waals surface area contributed by atoms with E-state index in [1.807, 2.05) is 54.7 Å². The number of para-hydroxylation sites is 1. The van der Waals surface area contributed by atoms with Gasteiger partial charge in [0.15, 0.2) is 0 Å². The van der Waals surface area contributed by atoms with Crippen LogP contribution in [0.1, 0.15) is 18.4 Å². The minimum atomic E-state index is -0.148. The molecule has 154 valence electrons. The van der Waals surface area contributed by atoms with Crippen molar-refractivity contribution >= 4 is 22.6 Å². The van der Waals surface area contributed by atoms with Gasteiger partial charge in [0.05, 0.1) is 17.1 Å². The third-order valence-electron chi connectivity index (χ3n) is 5.77. The van der Waals surface area contributed by atoms with Gasteiger partial charge >= 0.3 is 0 Å². The zero-order chi connectivity index (χ0) is 21.0. The molecule has 1 aliphatic rings. The van der Waals surface area contributed by atoms with Gasteiger partial charge in [-0.15, -0.1) is 0 Å². The predicted octanol–water partition coefficient (Wildman–Crippen LogP) is 4.29. The monoisotopic (exact) mass is 409 g/mol. The summed E-state index contributed by atoms with van der Waals surface area (Å²) in [6, 6.07) is 17.7. The smallest absolute Gasteiger partial charge is 0.241 e. The summed E-state index contributed by atoms with van der Waals surface area (Å²) in [4.78, 5) is 28.3. The van der Waals surface area contributed by atoms with Crippen LogP contribution in [0.2, 0.25) is 0 Å². The molecule has 6 nitrogen and oxygen atoms in total. The first-order valence-corrected chi connectivity index (χ1v) is 10.5. The number of nitrogens with zero attached hydrogens (tertiary/aromatic N) is 4. The molecule has 0 radical (unpaired) electrons. The summed E-state index contributed by atoms with van der Waals surface area (Å²) in [5.74, 6) is 0.0398. The van der Waals surface area contributed by atoms with Crippen LogP contribution in [0.4, 0.5) is 5.69 Å². The fraction of sp³-hybridized carbons (Fsp3) is 0.200. The van der Waals surface area contributed by atoms with Crippen molar-refractivity contribution in [2.24, 2.45) is 0 Å². The minimum absolute atomic E-state index is 0.0398. The van der Waals surface area contributed by atoms with Gasteiger partial charge in [-0.1, -0.05) is 30.3 Å². The quantitative estimate of drug-likeness (QED) is 0.532. The Morgan fingerprint density at radius 3 is 2.68 bits per heavy atom. The van der Waals surface area contributed by atoms with Gasteiger partial charge in [-0.25, -0.2) is 0 Å². The largest absolute Gasteiger partial charge is 0.325 e. The van der Waals surface area contributed by atoms with Crippen LogP contribution in [0.5, 0.6) is 0 Å². The summed E-state index contributed by atoms with van der Waals surface area (Å²) in [6.45, 7) is 1.59. The first-order valence-electron chi connectivity index (χ1n) is 10.5. The molecule has 0 unspecified atom stereocenters. The molecule has 1 N–H and O–H groups in total. The Morgan fingerprint density at radius 1 is 0.968 bits per heavy atom. The number of amides is 1. The third-order valence-corrected chi connectivity index (χ3v) is 5.77. The van der Waals surface area contributed by atoms with E-state index < -0.39 is 0 Å². The van der Waals surface area contributed by atoms with Gasteiger partial charge in [-0.05, 0) is 60.3 Å². The van der Waals surface area contributed by atoms with Crippen LogP contribution >= 0.6 is 0 Å². The lowest BCUT2D eigenvalue weighted by Crippen LogP contribution is -2.39. The van der Waals surface area contributed by atoms with Crippen molar-refractivity contribution in [3.63, 3.8) is 0 Å². The number of carbonyl (C=O) groups excluding carboxylic acids is 1. The Labute approximate surface area is 181 Å². The van der Waals surface area contributed by atoms with E-state index in [2.05, 4.69) is 31.2 Å². The topological polar surface area (TPSA) is 71.0 Å². The highest BCUT2D eigenvalue weighted by Gasteiger charge is 2.31. The van der Waals surface area contributed by atoms with Crippen LogP contribution in [0.15, 0.2) is 79.4 Å². The second-order valence-electron chi connectivity index (χ2n) is 7.78. The van der Waals surface area contributed by atoms with E-state index in [4.69, 9.17) is 0 Å². The first-order chi connectivity index (χ1) is 15.3. The van der Waals surface area contributed by atoms with Crippen molar-refractivity contribution in [3.05, 3.63) is 84.9 Å². The molecule has 3 heterocycles. The molecule has 6 heteroatoms. The highest BCUT2D eigenvalue weighted by molar-refractivity contribution is 5.95. The molecule has 1 amide bonds. The van der Waals surface area contributed by atoms with E-state index in [-0.39, 0.29) is 11.9 Å². The number of nitrogens with one attached hydrogen (secondary N) is 1. The molecule has 2 aromatic heterocycles. The maximum atomic E-state index is 13.0. The maximum absolute atomic E-state index is 13.0. The van der Waals surface area contributed by atoms with Gasteiger partial charge in [-0.3, -0.25) is 24.6 Å². The average molecular weight is 409 g/mol. The van der Waals surface area contributed by atoms with Gasteiger partial charge in [0.25, 0.3) is 0 Å². The Morgan fingerprint density at radius 2 is 1.84 bits per heavy atom. The number of aromatic nitrogens is 3. The normalized spacial score (nSPS) is 16.5. The lowest BCUT2D eigenvalue weighted by Gasteiger charge is -2.24. The van der Waals surface area contributed by atoms with Crippen LogP contribution in [-0.4, -0.2) is 38.3 Å². The van der Waals surface area contributed by atoms with E-state index in [1.54, 1.807) is 18.6 Å².